The van der Waals surface area contributed by atoms with Crippen LogP contribution in [-0.2, 0) is 23.7 Å². The van der Waals surface area contributed by atoms with Crippen molar-refractivity contribution in [2.75, 3.05) is 66.1 Å². The molecule has 158 valence electrons. The minimum atomic E-state index is 0.600. The van der Waals surface area contributed by atoms with E-state index in [1.807, 2.05) is 0 Å². The molecule has 0 amide bonds. The van der Waals surface area contributed by atoms with Crippen LogP contribution in [0.2, 0.25) is 0 Å². The summed E-state index contributed by atoms with van der Waals surface area (Å²) in [6.07, 6.45) is 6.03. The van der Waals surface area contributed by atoms with Crippen LogP contribution in [0.15, 0.2) is 0 Å². The van der Waals surface area contributed by atoms with E-state index in [9.17, 15) is 0 Å². The van der Waals surface area contributed by atoms with Crippen molar-refractivity contribution in [3.63, 3.8) is 0 Å². The van der Waals surface area contributed by atoms with E-state index in [0.29, 0.717) is 52.9 Å². The van der Waals surface area contributed by atoms with Crippen LogP contribution in [0.4, 0.5) is 0 Å². The molecule has 0 aromatic carbocycles. The summed E-state index contributed by atoms with van der Waals surface area (Å²) in [5, 5.41) is 0. The minimum Gasteiger partial charge on any atom is -0.379 e. The first-order chi connectivity index (χ1) is 12.6. The Balaban J connectivity index is 2.99. The highest BCUT2D eigenvalue weighted by molar-refractivity contribution is 4.46. The van der Waals surface area contributed by atoms with Gasteiger partial charge in [-0.1, -0.05) is 40.5 Å². The Kier molecular flexibility index (Phi) is 20.9. The van der Waals surface area contributed by atoms with Crippen molar-refractivity contribution in [1.29, 1.82) is 0 Å². The van der Waals surface area contributed by atoms with Gasteiger partial charge < -0.3 is 23.7 Å². The van der Waals surface area contributed by atoms with Crippen LogP contribution in [0.3, 0.4) is 0 Å². The summed E-state index contributed by atoms with van der Waals surface area (Å²) >= 11 is 0. The highest BCUT2D eigenvalue weighted by Crippen LogP contribution is 2.05. The van der Waals surface area contributed by atoms with E-state index >= 15 is 0 Å². The predicted octanol–water partition coefficient (Wildman–Crippen LogP) is 4.33. The third kappa shape index (κ3) is 23.8. The summed E-state index contributed by atoms with van der Waals surface area (Å²) in [6.45, 7) is 15.7. The minimum absolute atomic E-state index is 0.600. The normalized spacial score (nSPS) is 11.8. The molecule has 0 rings (SSSR count). The fourth-order valence-corrected chi connectivity index (χ4v) is 2.33. The lowest BCUT2D eigenvalue weighted by Crippen LogP contribution is -2.13. The molecule has 0 unspecified atom stereocenters. The van der Waals surface area contributed by atoms with E-state index in [1.54, 1.807) is 0 Å². The van der Waals surface area contributed by atoms with Gasteiger partial charge in [0.15, 0.2) is 0 Å². The maximum Gasteiger partial charge on any atom is 0.0701 e. The summed E-state index contributed by atoms with van der Waals surface area (Å²) in [5.41, 5.74) is 0. The molecular formula is C21H44O5. The van der Waals surface area contributed by atoms with Gasteiger partial charge in [-0.3, -0.25) is 0 Å². The zero-order valence-corrected chi connectivity index (χ0v) is 17.8. The van der Waals surface area contributed by atoms with Gasteiger partial charge in [0.25, 0.3) is 0 Å². The maximum atomic E-state index is 5.54. The molecule has 5 nitrogen and oxygen atoms in total. The lowest BCUT2D eigenvalue weighted by atomic mass is 10.1. The molecule has 0 aliphatic carbocycles. The molecule has 0 aliphatic heterocycles. The van der Waals surface area contributed by atoms with Crippen LogP contribution in [0.5, 0.6) is 0 Å². The summed E-state index contributed by atoms with van der Waals surface area (Å²) in [4.78, 5) is 0. The van der Waals surface area contributed by atoms with Gasteiger partial charge in [0.05, 0.1) is 52.9 Å². The summed E-state index contributed by atoms with van der Waals surface area (Å²) in [5.74, 6) is 1.54. The summed E-state index contributed by atoms with van der Waals surface area (Å²) in [6, 6.07) is 0. The van der Waals surface area contributed by atoms with Crippen molar-refractivity contribution in [3.8, 4) is 0 Å². The molecule has 0 atom stereocenters. The van der Waals surface area contributed by atoms with E-state index in [-0.39, 0.29) is 0 Å². The van der Waals surface area contributed by atoms with Gasteiger partial charge in [0.1, 0.15) is 0 Å². The highest BCUT2D eigenvalue weighted by Gasteiger charge is 1.96. The van der Waals surface area contributed by atoms with E-state index in [2.05, 4.69) is 27.7 Å². The van der Waals surface area contributed by atoms with Gasteiger partial charge >= 0.3 is 0 Å². The highest BCUT2D eigenvalue weighted by atomic mass is 16.6. The van der Waals surface area contributed by atoms with Crippen molar-refractivity contribution < 1.29 is 23.7 Å². The average Bonchev–Trinajstić information content (AvgIpc) is 2.59. The van der Waals surface area contributed by atoms with E-state index in [4.69, 9.17) is 23.7 Å². The molecule has 0 saturated heterocycles. The molecule has 26 heavy (non-hydrogen) atoms. The fraction of sp³-hybridized carbons (Fsp3) is 1.00. The Bertz CT molecular complexity index is 233. The molecular weight excluding hydrogens is 332 g/mol. The molecule has 0 N–H and O–H groups in total. The molecule has 0 heterocycles. The molecule has 0 radical (unpaired) electrons. The zero-order valence-electron chi connectivity index (χ0n) is 17.8. The standard InChI is InChI=1S/C21H44O5/c1-20(2)8-5-6-10-22-12-14-24-16-18-26-19-17-25-15-13-23-11-7-9-21(3)4/h20-21H,5-19H2,1-4H3. The second kappa shape index (κ2) is 21.1. The van der Waals surface area contributed by atoms with Crippen LogP contribution in [0, 0.1) is 11.8 Å². The topological polar surface area (TPSA) is 46.2 Å². The second-order valence-corrected chi connectivity index (χ2v) is 7.49. The monoisotopic (exact) mass is 376 g/mol. The molecule has 0 aromatic heterocycles. The first-order valence-corrected chi connectivity index (χ1v) is 10.5. The van der Waals surface area contributed by atoms with Crippen LogP contribution in [0.1, 0.15) is 59.8 Å². The molecule has 0 aromatic rings. The third-order valence-electron chi connectivity index (χ3n) is 3.88. The van der Waals surface area contributed by atoms with Gasteiger partial charge in [0.2, 0.25) is 0 Å². The number of unbranched alkanes of at least 4 members (excludes halogenated alkanes) is 1. The Morgan fingerprint density at radius 3 is 1.08 bits per heavy atom. The number of rotatable bonds is 21. The SMILES string of the molecule is CC(C)CCCCOCCOCCOCCOCCOCCCC(C)C. The quantitative estimate of drug-likeness (QED) is 0.279. The van der Waals surface area contributed by atoms with Crippen molar-refractivity contribution in [1.82, 2.24) is 0 Å². The van der Waals surface area contributed by atoms with Crippen LogP contribution >= 0.6 is 0 Å². The fourth-order valence-electron chi connectivity index (χ4n) is 2.33. The van der Waals surface area contributed by atoms with Crippen LogP contribution < -0.4 is 0 Å². The van der Waals surface area contributed by atoms with Crippen molar-refractivity contribution in [2.24, 2.45) is 11.8 Å². The lowest BCUT2D eigenvalue weighted by molar-refractivity contribution is -0.0115. The van der Waals surface area contributed by atoms with E-state index in [0.717, 1.165) is 37.9 Å². The van der Waals surface area contributed by atoms with Gasteiger partial charge in [-0.15, -0.1) is 0 Å². The van der Waals surface area contributed by atoms with Crippen molar-refractivity contribution >= 4 is 0 Å². The van der Waals surface area contributed by atoms with Crippen LogP contribution in [0.25, 0.3) is 0 Å². The summed E-state index contributed by atoms with van der Waals surface area (Å²) in [7, 11) is 0. The Labute approximate surface area is 162 Å². The number of hydrogen-bond acceptors (Lipinski definition) is 5. The Morgan fingerprint density at radius 2 is 0.692 bits per heavy atom. The molecule has 0 aliphatic rings. The maximum absolute atomic E-state index is 5.54. The smallest absolute Gasteiger partial charge is 0.0701 e. The zero-order chi connectivity index (χ0) is 19.3. The summed E-state index contributed by atoms with van der Waals surface area (Å²) < 4.78 is 27.4. The van der Waals surface area contributed by atoms with Crippen molar-refractivity contribution in [2.45, 2.75) is 59.8 Å². The van der Waals surface area contributed by atoms with Gasteiger partial charge in [-0.05, 0) is 31.1 Å². The molecule has 0 spiro atoms. The van der Waals surface area contributed by atoms with E-state index < -0.39 is 0 Å². The number of ether oxygens (including phenoxy) is 5. The first-order valence-electron chi connectivity index (χ1n) is 10.5. The molecule has 0 saturated carbocycles. The average molecular weight is 377 g/mol. The molecule has 5 heteroatoms. The van der Waals surface area contributed by atoms with Gasteiger partial charge in [0, 0.05) is 13.2 Å². The number of hydrogen-bond donors (Lipinski definition) is 0. The first kappa shape index (κ1) is 25.8. The Hall–Kier alpha value is -0.200. The van der Waals surface area contributed by atoms with Gasteiger partial charge in [-0.25, -0.2) is 0 Å². The third-order valence-corrected chi connectivity index (χ3v) is 3.88. The molecule has 0 bridgehead atoms. The largest absolute Gasteiger partial charge is 0.379 e. The molecule has 0 fully saturated rings. The van der Waals surface area contributed by atoms with E-state index in [1.165, 1.54) is 19.3 Å². The predicted molar refractivity (Wildman–Crippen MR) is 107 cm³/mol. The van der Waals surface area contributed by atoms with Gasteiger partial charge in [-0.2, -0.15) is 0 Å². The van der Waals surface area contributed by atoms with Crippen molar-refractivity contribution in [3.05, 3.63) is 0 Å². The Morgan fingerprint density at radius 1 is 0.385 bits per heavy atom. The lowest BCUT2D eigenvalue weighted by Gasteiger charge is -2.08. The second-order valence-electron chi connectivity index (χ2n) is 7.49. The van der Waals surface area contributed by atoms with Crippen LogP contribution in [-0.4, -0.2) is 66.1 Å².